The van der Waals surface area contributed by atoms with Crippen molar-refractivity contribution in [1.29, 1.82) is 0 Å². The van der Waals surface area contributed by atoms with Crippen molar-refractivity contribution in [2.45, 2.75) is 11.8 Å². The first-order valence-corrected chi connectivity index (χ1v) is 6.76. The van der Waals surface area contributed by atoms with Gasteiger partial charge in [0.1, 0.15) is 0 Å². The minimum Gasteiger partial charge on any atom is -0.326 e. The molecule has 6 heteroatoms. The van der Waals surface area contributed by atoms with E-state index in [0.29, 0.717) is 11.1 Å². The standard InChI is InChI=1S/C12H12N2O3S/c1-8(15)14-12-4-2-3-9-5-6-10(7-11(9)12)18(13,16)17/h2-7H,1H3,(H,14,15)(H2,13,16,17). The van der Waals surface area contributed by atoms with Gasteiger partial charge in [0, 0.05) is 18.0 Å². The second kappa shape index (κ2) is 4.40. The van der Waals surface area contributed by atoms with E-state index in [1.54, 1.807) is 18.2 Å². The molecule has 94 valence electrons. The molecule has 0 fully saturated rings. The molecule has 0 aliphatic carbocycles. The van der Waals surface area contributed by atoms with Gasteiger partial charge in [-0.1, -0.05) is 18.2 Å². The zero-order valence-corrected chi connectivity index (χ0v) is 10.5. The van der Waals surface area contributed by atoms with Crippen molar-refractivity contribution in [2.24, 2.45) is 5.14 Å². The smallest absolute Gasteiger partial charge is 0.238 e. The maximum atomic E-state index is 11.3. The van der Waals surface area contributed by atoms with Gasteiger partial charge in [0.15, 0.2) is 0 Å². The predicted octanol–water partition coefficient (Wildman–Crippen LogP) is 1.45. The van der Waals surface area contributed by atoms with Crippen molar-refractivity contribution in [1.82, 2.24) is 0 Å². The van der Waals surface area contributed by atoms with Gasteiger partial charge in [-0.15, -0.1) is 0 Å². The number of anilines is 1. The van der Waals surface area contributed by atoms with Gasteiger partial charge in [-0.25, -0.2) is 13.6 Å². The fourth-order valence-electron chi connectivity index (χ4n) is 1.73. The number of nitrogens with one attached hydrogen (secondary N) is 1. The van der Waals surface area contributed by atoms with E-state index >= 15 is 0 Å². The SMILES string of the molecule is CC(=O)Nc1cccc2ccc(S(N)(=O)=O)cc12. The third kappa shape index (κ3) is 2.49. The average molecular weight is 264 g/mol. The Balaban J connectivity index is 2.69. The highest BCUT2D eigenvalue weighted by molar-refractivity contribution is 7.89. The van der Waals surface area contributed by atoms with Gasteiger partial charge in [0.05, 0.1) is 4.90 Å². The molecule has 0 aromatic heterocycles. The highest BCUT2D eigenvalue weighted by atomic mass is 32.2. The molecule has 1 amide bonds. The van der Waals surface area contributed by atoms with Crippen molar-refractivity contribution in [3.8, 4) is 0 Å². The lowest BCUT2D eigenvalue weighted by Crippen LogP contribution is -2.12. The number of amides is 1. The Bertz CT molecular complexity index is 723. The first-order chi connectivity index (χ1) is 8.38. The summed E-state index contributed by atoms with van der Waals surface area (Å²) < 4.78 is 22.6. The van der Waals surface area contributed by atoms with Crippen LogP contribution >= 0.6 is 0 Å². The fraction of sp³-hybridized carbons (Fsp3) is 0.0833. The van der Waals surface area contributed by atoms with Crippen molar-refractivity contribution < 1.29 is 13.2 Å². The lowest BCUT2D eigenvalue weighted by atomic mass is 10.1. The first-order valence-electron chi connectivity index (χ1n) is 5.21. The molecule has 0 aliphatic rings. The Labute approximate surface area is 105 Å². The van der Waals surface area contributed by atoms with E-state index in [1.807, 2.05) is 6.07 Å². The number of rotatable bonds is 2. The second-order valence-electron chi connectivity index (χ2n) is 3.91. The van der Waals surface area contributed by atoms with Crippen LogP contribution in [-0.4, -0.2) is 14.3 Å². The van der Waals surface area contributed by atoms with E-state index in [4.69, 9.17) is 5.14 Å². The zero-order valence-electron chi connectivity index (χ0n) is 9.67. The molecule has 0 unspecified atom stereocenters. The lowest BCUT2D eigenvalue weighted by molar-refractivity contribution is -0.114. The zero-order chi connectivity index (χ0) is 13.3. The molecule has 0 saturated carbocycles. The first kappa shape index (κ1) is 12.5. The average Bonchev–Trinajstić information content (AvgIpc) is 2.27. The molecule has 0 spiro atoms. The van der Waals surface area contributed by atoms with Gasteiger partial charge in [0.2, 0.25) is 15.9 Å². The molecule has 2 aromatic rings. The molecule has 0 aliphatic heterocycles. The monoisotopic (exact) mass is 264 g/mol. The lowest BCUT2D eigenvalue weighted by Gasteiger charge is -2.08. The minimum atomic E-state index is -3.75. The molecule has 2 aromatic carbocycles. The Hall–Kier alpha value is -1.92. The van der Waals surface area contributed by atoms with Gasteiger partial charge >= 0.3 is 0 Å². The molecule has 0 heterocycles. The summed E-state index contributed by atoms with van der Waals surface area (Å²) >= 11 is 0. The summed E-state index contributed by atoms with van der Waals surface area (Å²) in [5.74, 6) is -0.219. The van der Waals surface area contributed by atoms with Crippen LogP contribution in [0, 0.1) is 0 Å². The van der Waals surface area contributed by atoms with Crippen LogP contribution in [0.1, 0.15) is 6.92 Å². The van der Waals surface area contributed by atoms with Gasteiger partial charge in [-0.05, 0) is 23.6 Å². The maximum Gasteiger partial charge on any atom is 0.238 e. The maximum absolute atomic E-state index is 11.3. The summed E-state index contributed by atoms with van der Waals surface area (Å²) in [6.45, 7) is 1.39. The van der Waals surface area contributed by atoms with E-state index in [2.05, 4.69) is 5.32 Å². The van der Waals surface area contributed by atoms with E-state index in [-0.39, 0.29) is 10.8 Å². The fourth-order valence-corrected chi connectivity index (χ4v) is 2.27. The van der Waals surface area contributed by atoms with Crippen LogP contribution in [0.25, 0.3) is 10.8 Å². The molecule has 3 N–H and O–H groups in total. The predicted molar refractivity (Wildman–Crippen MR) is 69.6 cm³/mol. The van der Waals surface area contributed by atoms with Crippen LogP contribution < -0.4 is 10.5 Å². The molecule has 0 saturated heterocycles. The summed E-state index contributed by atoms with van der Waals surface area (Å²) in [4.78, 5) is 11.1. The quantitative estimate of drug-likeness (QED) is 0.860. The number of sulfonamides is 1. The van der Waals surface area contributed by atoms with Crippen molar-refractivity contribution in [3.05, 3.63) is 36.4 Å². The summed E-state index contributed by atoms with van der Waals surface area (Å²) in [6.07, 6.45) is 0. The largest absolute Gasteiger partial charge is 0.326 e. The summed E-state index contributed by atoms with van der Waals surface area (Å²) in [7, 11) is -3.75. The number of fused-ring (bicyclic) bond motifs is 1. The van der Waals surface area contributed by atoms with Gasteiger partial charge in [-0.2, -0.15) is 0 Å². The molecule has 0 atom stereocenters. The van der Waals surface area contributed by atoms with Crippen LogP contribution in [0.2, 0.25) is 0 Å². The molecule has 0 radical (unpaired) electrons. The Morgan fingerprint density at radius 1 is 1.22 bits per heavy atom. The molecule has 5 nitrogen and oxygen atoms in total. The summed E-state index contributed by atoms with van der Waals surface area (Å²) in [6, 6.07) is 9.86. The summed E-state index contributed by atoms with van der Waals surface area (Å²) in [5.41, 5.74) is 0.561. The van der Waals surface area contributed by atoms with E-state index in [0.717, 1.165) is 5.39 Å². The van der Waals surface area contributed by atoms with Gasteiger partial charge < -0.3 is 5.32 Å². The van der Waals surface area contributed by atoms with Crippen LogP contribution in [0.15, 0.2) is 41.3 Å². The van der Waals surface area contributed by atoms with Crippen LogP contribution in [0.4, 0.5) is 5.69 Å². The Morgan fingerprint density at radius 3 is 2.56 bits per heavy atom. The highest BCUT2D eigenvalue weighted by Gasteiger charge is 2.10. The summed E-state index contributed by atoms with van der Waals surface area (Å²) in [5, 5.41) is 9.20. The topological polar surface area (TPSA) is 89.3 Å². The number of carbonyl (C=O) groups excluding carboxylic acids is 1. The molecule has 0 bridgehead atoms. The minimum absolute atomic E-state index is 0.0211. The Kier molecular flexibility index (Phi) is 3.06. The van der Waals surface area contributed by atoms with E-state index in [1.165, 1.54) is 19.1 Å². The van der Waals surface area contributed by atoms with Gasteiger partial charge in [-0.3, -0.25) is 4.79 Å². The molecular weight excluding hydrogens is 252 g/mol. The molecule has 18 heavy (non-hydrogen) atoms. The normalized spacial score (nSPS) is 11.4. The third-order valence-electron chi connectivity index (χ3n) is 2.49. The van der Waals surface area contributed by atoms with Gasteiger partial charge in [0.25, 0.3) is 0 Å². The third-order valence-corrected chi connectivity index (χ3v) is 3.40. The Morgan fingerprint density at radius 2 is 1.94 bits per heavy atom. The van der Waals surface area contributed by atoms with E-state index in [9.17, 15) is 13.2 Å². The van der Waals surface area contributed by atoms with Crippen molar-refractivity contribution >= 4 is 32.4 Å². The van der Waals surface area contributed by atoms with Crippen LogP contribution in [0.5, 0.6) is 0 Å². The number of benzene rings is 2. The number of hydrogen-bond donors (Lipinski definition) is 2. The van der Waals surface area contributed by atoms with Crippen molar-refractivity contribution in [2.75, 3.05) is 5.32 Å². The van der Waals surface area contributed by atoms with Crippen LogP contribution in [-0.2, 0) is 14.8 Å². The second-order valence-corrected chi connectivity index (χ2v) is 5.48. The number of carbonyl (C=O) groups is 1. The number of primary sulfonamides is 1. The number of nitrogens with two attached hydrogens (primary N) is 1. The molecule has 2 rings (SSSR count). The van der Waals surface area contributed by atoms with E-state index < -0.39 is 10.0 Å². The van der Waals surface area contributed by atoms with Crippen LogP contribution in [0.3, 0.4) is 0 Å². The van der Waals surface area contributed by atoms with Crippen molar-refractivity contribution in [3.63, 3.8) is 0 Å². The number of hydrogen-bond acceptors (Lipinski definition) is 3. The highest BCUT2D eigenvalue weighted by Crippen LogP contribution is 2.25. The molecular formula is C12H12N2O3S.